The molecule has 2 bridgehead atoms. The molecule has 1 unspecified atom stereocenters. The quantitative estimate of drug-likeness (QED) is 0.222. The largest absolute Gasteiger partial charge is 0.493 e. The summed E-state index contributed by atoms with van der Waals surface area (Å²) in [6, 6.07) is 4.23. The van der Waals surface area contributed by atoms with Crippen LogP contribution in [-0.2, 0) is 45.0 Å². The molecule has 0 radical (unpaired) electrons. The van der Waals surface area contributed by atoms with Gasteiger partial charge in [0.1, 0.15) is 6.10 Å². The lowest BCUT2D eigenvalue weighted by molar-refractivity contribution is -0.213. The maximum absolute atomic E-state index is 12.3. The molecule has 4 aliphatic rings. The summed E-state index contributed by atoms with van der Waals surface area (Å²) in [5, 5.41) is 12.3. The number of piperidine rings is 1. The molecule has 2 aliphatic heterocycles. The Morgan fingerprint density at radius 2 is 1.43 bits per heavy atom. The highest BCUT2D eigenvalue weighted by Crippen LogP contribution is 2.65. The topological polar surface area (TPSA) is 107 Å². The van der Waals surface area contributed by atoms with Crippen LogP contribution in [-0.4, -0.2) is 141 Å². The summed E-state index contributed by atoms with van der Waals surface area (Å²) in [6.45, 7) is 7.19. The summed E-state index contributed by atoms with van der Waals surface area (Å²) in [4.78, 5) is 2.33. The minimum Gasteiger partial charge on any atom is -0.493 e. The number of methoxy groups -OCH3 is 2. The van der Waals surface area contributed by atoms with Crippen LogP contribution in [0.1, 0.15) is 30.4 Å². The first-order valence-corrected chi connectivity index (χ1v) is 15.4. The Labute approximate surface area is 249 Å². The van der Waals surface area contributed by atoms with E-state index in [1.165, 1.54) is 5.56 Å². The fourth-order valence-corrected chi connectivity index (χ4v) is 7.41. The molecule has 0 aromatic heterocycles. The van der Waals surface area contributed by atoms with Gasteiger partial charge in [0.15, 0.2) is 11.5 Å². The normalized spacial score (nSPS) is 29.4. The smallest absolute Gasteiger partial charge is 0.166 e. The standard InChI is InChI=1S/C31H49NO10/c1-32-9-8-30-27-23-4-5-24(35-3)28(27)42-29(30)25(6-7-31(30,33)26(32)22-23)41-21-20-40-19-18-39-17-16-38-15-14-37-13-12-36-11-10-34-2/h4-5,25-26,29,33H,6-22H2,1-3H3/t25-,26+,29-,30-,31?/m0/s1. The molecule has 1 N–H and O–H groups in total. The van der Waals surface area contributed by atoms with E-state index in [4.69, 9.17) is 42.6 Å². The summed E-state index contributed by atoms with van der Waals surface area (Å²) in [5.74, 6) is 1.53. The van der Waals surface area contributed by atoms with Gasteiger partial charge in [0, 0.05) is 18.7 Å². The van der Waals surface area contributed by atoms with Crippen molar-refractivity contribution in [1.82, 2.24) is 4.90 Å². The van der Waals surface area contributed by atoms with Crippen molar-refractivity contribution >= 4 is 0 Å². The van der Waals surface area contributed by atoms with E-state index in [-0.39, 0.29) is 18.2 Å². The van der Waals surface area contributed by atoms with Gasteiger partial charge in [-0.3, -0.25) is 0 Å². The van der Waals surface area contributed by atoms with E-state index in [0.717, 1.165) is 42.9 Å². The van der Waals surface area contributed by atoms with Crippen LogP contribution in [0.3, 0.4) is 0 Å². The van der Waals surface area contributed by atoms with Gasteiger partial charge < -0.3 is 52.6 Å². The minimum atomic E-state index is -0.848. The van der Waals surface area contributed by atoms with Crippen molar-refractivity contribution in [2.24, 2.45) is 0 Å². The number of aliphatic hydroxyl groups is 1. The third-order valence-corrected chi connectivity index (χ3v) is 9.36. The Kier molecular flexibility index (Phi) is 11.4. The number of nitrogens with zero attached hydrogens (tertiary/aromatic N) is 1. The summed E-state index contributed by atoms with van der Waals surface area (Å²) in [6.07, 6.45) is 2.72. The zero-order valence-electron chi connectivity index (χ0n) is 25.5. The highest BCUT2D eigenvalue weighted by atomic mass is 16.6. The molecule has 11 heteroatoms. The number of likely N-dealkylation sites (N-methyl/N-ethyl adjacent to an activating group) is 1. The van der Waals surface area contributed by atoms with Crippen LogP contribution in [0, 0.1) is 0 Å². The van der Waals surface area contributed by atoms with Gasteiger partial charge in [-0.05, 0) is 50.9 Å². The van der Waals surface area contributed by atoms with Gasteiger partial charge in [0.25, 0.3) is 0 Å². The molecule has 2 fully saturated rings. The third-order valence-electron chi connectivity index (χ3n) is 9.36. The van der Waals surface area contributed by atoms with Crippen LogP contribution in [0.5, 0.6) is 11.5 Å². The second-order valence-electron chi connectivity index (χ2n) is 11.5. The molecule has 1 aromatic carbocycles. The first-order valence-electron chi connectivity index (χ1n) is 15.4. The lowest BCUT2D eigenvalue weighted by atomic mass is 9.48. The zero-order valence-corrected chi connectivity index (χ0v) is 25.5. The predicted molar refractivity (Wildman–Crippen MR) is 154 cm³/mol. The van der Waals surface area contributed by atoms with Gasteiger partial charge in [-0.15, -0.1) is 0 Å². The molecule has 1 aromatic rings. The fourth-order valence-electron chi connectivity index (χ4n) is 7.41. The second-order valence-corrected chi connectivity index (χ2v) is 11.5. The van der Waals surface area contributed by atoms with Crippen molar-refractivity contribution in [3.63, 3.8) is 0 Å². The monoisotopic (exact) mass is 595 g/mol. The summed E-state index contributed by atoms with van der Waals surface area (Å²) >= 11 is 0. The lowest BCUT2D eigenvalue weighted by Crippen LogP contribution is -2.76. The van der Waals surface area contributed by atoms with Crippen molar-refractivity contribution in [3.8, 4) is 11.5 Å². The Balaban J connectivity index is 0.985. The second kappa shape index (κ2) is 15.0. The van der Waals surface area contributed by atoms with Crippen LogP contribution < -0.4 is 9.47 Å². The van der Waals surface area contributed by atoms with E-state index in [1.54, 1.807) is 14.2 Å². The molecule has 238 valence electrons. The number of rotatable bonds is 20. The van der Waals surface area contributed by atoms with Gasteiger partial charge in [0.05, 0.1) is 104 Å². The molecular weight excluding hydrogens is 546 g/mol. The Bertz CT molecular complexity index is 997. The van der Waals surface area contributed by atoms with Crippen molar-refractivity contribution in [2.45, 2.75) is 54.9 Å². The molecule has 5 rings (SSSR count). The highest BCUT2D eigenvalue weighted by molar-refractivity contribution is 5.62. The number of likely N-dealkylation sites (tertiary alicyclic amines) is 1. The van der Waals surface area contributed by atoms with Gasteiger partial charge >= 0.3 is 0 Å². The average molecular weight is 596 g/mol. The van der Waals surface area contributed by atoms with E-state index in [0.29, 0.717) is 85.7 Å². The molecule has 5 atom stereocenters. The summed E-state index contributed by atoms with van der Waals surface area (Å²) < 4.78 is 51.3. The van der Waals surface area contributed by atoms with Crippen molar-refractivity contribution < 1.29 is 47.7 Å². The Hall–Kier alpha value is -1.54. The third kappa shape index (κ3) is 6.31. The molecule has 1 saturated heterocycles. The number of benzene rings is 1. The van der Waals surface area contributed by atoms with E-state index in [9.17, 15) is 5.11 Å². The maximum Gasteiger partial charge on any atom is 0.166 e. The van der Waals surface area contributed by atoms with Crippen molar-refractivity contribution in [2.75, 3.05) is 107 Å². The Morgan fingerprint density at radius 3 is 2.02 bits per heavy atom. The van der Waals surface area contributed by atoms with E-state index in [2.05, 4.69) is 18.0 Å². The van der Waals surface area contributed by atoms with Crippen LogP contribution >= 0.6 is 0 Å². The van der Waals surface area contributed by atoms with Crippen molar-refractivity contribution in [3.05, 3.63) is 23.3 Å². The van der Waals surface area contributed by atoms with Gasteiger partial charge in [-0.25, -0.2) is 0 Å². The highest BCUT2D eigenvalue weighted by Gasteiger charge is 2.72. The molecule has 2 aliphatic carbocycles. The van der Waals surface area contributed by atoms with Crippen LogP contribution in [0.25, 0.3) is 0 Å². The van der Waals surface area contributed by atoms with Crippen LogP contribution in [0.4, 0.5) is 0 Å². The van der Waals surface area contributed by atoms with Gasteiger partial charge in [0.2, 0.25) is 0 Å². The number of ether oxygens (including phenoxy) is 9. The molecule has 2 heterocycles. The first-order chi connectivity index (χ1) is 20.6. The van der Waals surface area contributed by atoms with E-state index < -0.39 is 11.0 Å². The van der Waals surface area contributed by atoms with Crippen LogP contribution in [0.2, 0.25) is 0 Å². The molecule has 1 saturated carbocycles. The SMILES string of the molecule is COCCOCCOCCOCCOCCOCCO[C@H]1CCC2(O)[C@H]3Cc4ccc(OC)c5c4[C@@]2(CCN3C)[C@H]1O5. The average Bonchev–Trinajstić information content (AvgIpc) is 3.35. The van der Waals surface area contributed by atoms with Gasteiger partial charge in [-0.1, -0.05) is 6.07 Å². The Morgan fingerprint density at radius 1 is 0.833 bits per heavy atom. The molecular formula is C31H49NO10. The lowest BCUT2D eigenvalue weighted by Gasteiger charge is -2.63. The molecule has 11 nitrogen and oxygen atoms in total. The molecule has 0 amide bonds. The predicted octanol–water partition coefficient (Wildman–Crippen LogP) is 1.59. The van der Waals surface area contributed by atoms with Gasteiger partial charge in [-0.2, -0.15) is 0 Å². The fraction of sp³-hybridized carbons (Fsp3) is 0.806. The first kappa shape index (κ1) is 31.9. The van der Waals surface area contributed by atoms with E-state index in [1.807, 2.05) is 6.07 Å². The maximum atomic E-state index is 12.3. The molecule has 42 heavy (non-hydrogen) atoms. The van der Waals surface area contributed by atoms with Crippen LogP contribution in [0.15, 0.2) is 12.1 Å². The minimum absolute atomic E-state index is 0.0728. The number of hydrogen-bond donors (Lipinski definition) is 1. The van der Waals surface area contributed by atoms with Crippen molar-refractivity contribution in [1.29, 1.82) is 0 Å². The molecule has 1 spiro atoms. The summed E-state index contributed by atoms with van der Waals surface area (Å²) in [5.41, 5.74) is 1.09. The zero-order chi connectivity index (χ0) is 29.4. The number of hydrogen-bond acceptors (Lipinski definition) is 11. The summed E-state index contributed by atoms with van der Waals surface area (Å²) in [7, 11) is 5.46. The van der Waals surface area contributed by atoms with E-state index >= 15 is 0 Å².